The molecule has 2 amide bonds. The summed E-state index contributed by atoms with van der Waals surface area (Å²) < 4.78 is 11.6. The minimum absolute atomic E-state index is 0.0448. The van der Waals surface area contributed by atoms with Gasteiger partial charge in [0.1, 0.15) is 11.6 Å². The van der Waals surface area contributed by atoms with E-state index in [4.69, 9.17) is 9.47 Å². The van der Waals surface area contributed by atoms with Crippen molar-refractivity contribution in [2.24, 2.45) is 5.92 Å². The highest BCUT2D eigenvalue weighted by atomic mass is 16.5. The molecule has 1 aromatic rings. The number of ether oxygens (including phenoxy) is 2. The predicted molar refractivity (Wildman–Crippen MR) is 123 cm³/mol. The van der Waals surface area contributed by atoms with Crippen molar-refractivity contribution in [3.05, 3.63) is 40.5 Å². The largest absolute Gasteiger partial charge is 0.490 e. The summed E-state index contributed by atoms with van der Waals surface area (Å²) in [6, 6.07) is 7.41. The van der Waals surface area contributed by atoms with Gasteiger partial charge in [0.2, 0.25) is 0 Å². The maximum atomic E-state index is 13.4. The quantitative estimate of drug-likeness (QED) is 0.442. The molecule has 1 fully saturated rings. The molecule has 0 aromatic heterocycles. The Morgan fingerprint density at radius 2 is 1.84 bits per heavy atom. The molecule has 0 radical (unpaired) electrons. The van der Waals surface area contributed by atoms with E-state index in [0.717, 1.165) is 37.7 Å². The molecule has 170 valence electrons. The first-order valence-corrected chi connectivity index (χ1v) is 11.5. The van der Waals surface area contributed by atoms with Gasteiger partial charge >= 0.3 is 0 Å². The van der Waals surface area contributed by atoms with Gasteiger partial charge in [-0.05, 0) is 62.0 Å². The zero-order valence-electron chi connectivity index (χ0n) is 19.4. The van der Waals surface area contributed by atoms with Gasteiger partial charge in [0.15, 0.2) is 11.5 Å². The SMILES string of the molecule is CCOc1cc(/C=C2/C(=O)N(C3CCCCC3)C(=O)C(C#N)=C2C)ccc1OCC(C)C. The van der Waals surface area contributed by atoms with Crippen LogP contribution in [0.5, 0.6) is 11.5 Å². The fourth-order valence-corrected chi connectivity index (χ4v) is 4.20. The average Bonchev–Trinajstić information content (AvgIpc) is 2.77. The number of carbonyl (C=O) groups is 2. The maximum Gasteiger partial charge on any atom is 0.271 e. The summed E-state index contributed by atoms with van der Waals surface area (Å²) in [5.74, 6) is 0.851. The summed E-state index contributed by atoms with van der Waals surface area (Å²) in [7, 11) is 0. The fraction of sp³-hybridized carbons (Fsp3) is 0.500. The molecule has 32 heavy (non-hydrogen) atoms. The zero-order chi connectivity index (χ0) is 23.3. The van der Waals surface area contributed by atoms with Crippen LogP contribution in [0.4, 0.5) is 0 Å². The number of hydrogen-bond acceptors (Lipinski definition) is 5. The zero-order valence-corrected chi connectivity index (χ0v) is 19.4. The summed E-state index contributed by atoms with van der Waals surface area (Å²) in [5, 5.41) is 9.64. The van der Waals surface area contributed by atoms with E-state index in [1.165, 1.54) is 4.90 Å². The molecule has 1 saturated carbocycles. The van der Waals surface area contributed by atoms with Crippen molar-refractivity contribution in [3.63, 3.8) is 0 Å². The molecule has 0 atom stereocenters. The first kappa shape index (κ1) is 23.6. The molecular formula is C26H32N2O4. The molecule has 0 saturated heterocycles. The van der Waals surface area contributed by atoms with Crippen molar-refractivity contribution in [1.82, 2.24) is 4.90 Å². The van der Waals surface area contributed by atoms with Gasteiger partial charge in [-0.25, -0.2) is 0 Å². The Balaban J connectivity index is 2.00. The van der Waals surface area contributed by atoms with Gasteiger partial charge in [-0.3, -0.25) is 14.5 Å². The van der Waals surface area contributed by atoms with Crippen molar-refractivity contribution < 1.29 is 19.1 Å². The Hall–Kier alpha value is -3.07. The van der Waals surface area contributed by atoms with Crippen LogP contribution in [-0.2, 0) is 9.59 Å². The number of benzene rings is 1. The van der Waals surface area contributed by atoms with Crippen LogP contribution in [0.3, 0.4) is 0 Å². The monoisotopic (exact) mass is 436 g/mol. The molecule has 1 aliphatic heterocycles. The minimum Gasteiger partial charge on any atom is -0.490 e. The van der Waals surface area contributed by atoms with E-state index >= 15 is 0 Å². The van der Waals surface area contributed by atoms with Crippen LogP contribution in [0.1, 0.15) is 65.4 Å². The molecule has 6 heteroatoms. The van der Waals surface area contributed by atoms with Crippen LogP contribution >= 0.6 is 0 Å². The maximum absolute atomic E-state index is 13.4. The van der Waals surface area contributed by atoms with Crippen molar-refractivity contribution in [3.8, 4) is 17.6 Å². The van der Waals surface area contributed by atoms with Crippen molar-refractivity contribution >= 4 is 17.9 Å². The normalized spacial score (nSPS) is 19.0. The lowest BCUT2D eigenvalue weighted by atomic mass is 9.88. The van der Waals surface area contributed by atoms with Gasteiger partial charge in [0.05, 0.1) is 13.2 Å². The number of rotatable bonds is 7. The first-order chi connectivity index (χ1) is 15.4. The highest BCUT2D eigenvalue weighted by Gasteiger charge is 2.39. The van der Waals surface area contributed by atoms with Crippen LogP contribution in [0.2, 0.25) is 0 Å². The third-order valence-corrected chi connectivity index (χ3v) is 5.86. The molecular weight excluding hydrogens is 404 g/mol. The summed E-state index contributed by atoms with van der Waals surface area (Å²) in [4.78, 5) is 27.7. The minimum atomic E-state index is -0.466. The molecule has 3 rings (SSSR count). The summed E-state index contributed by atoms with van der Waals surface area (Å²) in [6.45, 7) is 8.79. The number of nitriles is 1. The second kappa shape index (κ2) is 10.5. The molecule has 6 nitrogen and oxygen atoms in total. The number of hydrogen-bond donors (Lipinski definition) is 0. The Morgan fingerprint density at radius 3 is 2.47 bits per heavy atom. The van der Waals surface area contributed by atoms with E-state index < -0.39 is 5.91 Å². The Morgan fingerprint density at radius 1 is 1.12 bits per heavy atom. The van der Waals surface area contributed by atoms with Crippen LogP contribution in [-0.4, -0.2) is 36.0 Å². The van der Waals surface area contributed by atoms with Gasteiger partial charge in [-0.2, -0.15) is 5.26 Å². The molecule has 1 aliphatic carbocycles. The predicted octanol–water partition coefficient (Wildman–Crippen LogP) is 5.05. The molecule has 0 bridgehead atoms. The van der Waals surface area contributed by atoms with E-state index in [9.17, 15) is 14.9 Å². The van der Waals surface area contributed by atoms with E-state index in [0.29, 0.717) is 41.8 Å². The smallest absolute Gasteiger partial charge is 0.271 e. The molecule has 0 unspecified atom stereocenters. The van der Waals surface area contributed by atoms with Gasteiger partial charge < -0.3 is 9.47 Å². The van der Waals surface area contributed by atoms with Crippen LogP contribution in [0.15, 0.2) is 34.9 Å². The third kappa shape index (κ3) is 5.04. The van der Waals surface area contributed by atoms with Crippen molar-refractivity contribution in [2.45, 2.75) is 65.8 Å². The number of nitrogens with zero attached hydrogens (tertiary/aromatic N) is 2. The lowest BCUT2D eigenvalue weighted by Crippen LogP contribution is -2.49. The third-order valence-electron chi connectivity index (χ3n) is 5.86. The van der Waals surface area contributed by atoms with Crippen LogP contribution < -0.4 is 9.47 Å². The van der Waals surface area contributed by atoms with Gasteiger partial charge in [0, 0.05) is 11.6 Å². The van der Waals surface area contributed by atoms with Crippen LogP contribution in [0.25, 0.3) is 6.08 Å². The Labute approximate surface area is 190 Å². The van der Waals surface area contributed by atoms with E-state index in [-0.39, 0.29) is 17.5 Å². The van der Waals surface area contributed by atoms with E-state index in [1.807, 2.05) is 31.2 Å². The number of imide groups is 1. The highest BCUT2D eigenvalue weighted by Crippen LogP contribution is 2.34. The van der Waals surface area contributed by atoms with Crippen molar-refractivity contribution in [2.75, 3.05) is 13.2 Å². The van der Waals surface area contributed by atoms with E-state index in [2.05, 4.69) is 13.8 Å². The molecule has 1 heterocycles. The van der Waals surface area contributed by atoms with E-state index in [1.54, 1.807) is 13.0 Å². The molecule has 2 aliphatic rings. The highest BCUT2D eigenvalue weighted by molar-refractivity contribution is 6.19. The van der Waals surface area contributed by atoms with Crippen LogP contribution in [0, 0.1) is 17.2 Å². The van der Waals surface area contributed by atoms with Gasteiger partial charge in [-0.15, -0.1) is 0 Å². The lowest BCUT2D eigenvalue weighted by molar-refractivity contribution is -0.143. The molecule has 1 aromatic carbocycles. The molecule has 0 N–H and O–H groups in total. The second-order valence-corrected chi connectivity index (χ2v) is 8.79. The number of amides is 2. The van der Waals surface area contributed by atoms with Gasteiger partial charge in [0.25, 0.3) is 11.8 Å². The standard InChI is InChI=1S/C26H32N2O4/c1-5-31-24-14-19(11-12-23(24)32-16-17(2)3)13-21-18(4)22(15-27)26(30)28(25(21)29)20-9-7-6-8-10-20/h11-14,17,20H,5-10,16H2,1-4H3/b21-13+. The second-order valence-electron chi connectivity index (χ2n) is 8.79. The summed E-state index contributed by atoms with van der Waals surface area (Å²) >= 11 is 0. The lowest BCUT2D eigenvalue weighted by Gasteiger charge is -2.36. The average molecular weight is 437 g/mol. The first-order valence-electron chi connectivity index (χ1n) is 11.5. The summed E-state index contributed by atoms with van der Waals surface area (Å²) in [5.41, 5.74) is 1.60. The Kier molecular flexibility index (Phi) is 7.74. The van der Waals surface area contributed by atoms with Crippen molar-refractivity contribution in [1.29, 1.82) is 5.26 Å². The number of carbonyl (C=O) groups excluding carboxylic acids is 2. The Bertz CT molecular complexity index is 978. The fourth-order valence-electron chi connectivity index (χ4n) is 4.20. The summed E-state index contributed by atoms with van der Waals surface area (Å²) in [6.07, 6.45) is 6.41. The van der Waals surface area contributed by atoms with Gasteiger partial charge in [-0.1, -0.05) is 39.2 Å². The topological polar surface area (TPSA) is 79.6 Å². The molecule has 0 spiro atoms.